The number of carbonyl (C=O) groups is 1. The van der Waals surface area contributed by atoms with Gasteiger partial charge in [0.1, 0.15) is 6.29 Å². The van der Waals surface area contributed by atoms with E-state index in [2.05, 4.69) is 26.8 Å². The van der Waals surface area contributed by atoms with Crippen molar-refractivity contribution in [2.45, 2.75) is 46.5 Å². The van der Waals surface area contributed by atoms with E-state index in [9.17, 15) is 14.9 Å². The molecule has 0 aliphatic rings. The van der Waals surface area contributed by atoms with Crippen LogP contribution in [-0.2, 0) is 4.79 Å². The molecular weight excluding hydrogens is 218 g/mol. The van der Waals surface area contributed by atoms with E-state index in [1.54, 1.807) is 0 Å². The Morgan fingerprint density at radius 1 is 1.41 bits per heavy atom. The molecule has 0 aromatic carbocycles. The lowest BCUT2D eigenvalue weighted by atomic mass is 9.90. The fourth-order valence-electron chi connectivity index (χ4n) is 1.94. The van der Waals surface area contributed by atoms with Crippen molar-refractivity contribution >= 4 is 6.29 Å². The van der Waals surface area contributed by atoms with E-state index < -0.39 is 0 Å². The lowest BCUT2D eigenvalue weighted by molar-refractivity contribution is -0.488. The first kappa shape index (κ1) is 15.8. The normalized spacial score (nSPS) is 13.8. The average Bonchev–Trinajstić information content (AvgIpc) is 2.15. The first-order chi connectivity index (χ1) is 7.95. The summed E-state index contributed by atoms with van der Waals surface area (Å²) in [5, 5.41) is 10.4. The number of hydrogen-bond donors (Lipinski definition) is 0. The Labute approximate surface area is 103 Å². The molecule has 0 rings (SSSR count). The molecule has 0 aliphatic carbocycles. The predicted molar refractivity (Wildman–Crippen MR) is 68.5 cm³/mol. The van der Waals surface area contributed by atoms with E-state index in [1.807, 2.05) is 0 Å². The van der Waals surface area contributed by atoms with Gasteiger partial charge in [0.2, 0.25) is 6.54 Å². The summed E-state index contributed by atoms with van der Waals surface area (Å²) in [6.07, 6.45) is 6.06. The van der Waals surface area contributed by atoms with Crippen LogP contribution in [0.5, 0.6) is 0 Å². The Bertz CT molecular complexity index is 270. The van der Waals surface area contributed by atoms with Crippen LogP contribution < -0.4 is 0 Å². The third-order valence-electron chi connectivity index (χ3n) is 2.78. The van der Waals surface area contributed by atoms with Crippen LogP contribution in [0.3, 0.4) is 0 Å². The molecule has 0 aromatic rings. The van der Waals surface area contributed by atoms with Gasteiger partial charge >= 0.3 is 0 Å². The third kappa shape index (κ3) is 9.72. The van der Waals surface area contributed by atoms with Crippen LogP contribution >= 0.6 is 0 Å². The minimum Gasteiger partial charge on any atom is -0.303 e. The quantitative estimate of drug-likeness (QED) is 0.269. The number of hydrogen-bond acceptors (Lipinski definition) is 3. The zero-order valence-electron chi connectivity index (χ0n) is 11.0. The summed E-state index contributed by atoms with van der Waals surface area (Å²) < 4.78 is 0. The zero-order valence-corrected chi connectivity index (χ0v) is 11.0. The topological polar surface area (TPSA) is 60.2 Å². The molecule has 0 N–H and O–H groups in total. The summed E-state index contributed by atoms with van der Waals surface area (Å²) in [4.78, 5) is 20.6. The minimum atomic E-state index is -0.322. The average molecular weight is 241 g/mol. The lowest BCUT2D eigenvalue weighted by Crippen LogP contribution is -2.17. The van der Waals surface area contributed by atoms with Crippen molar-refractivity contribution in [2.75, 3.05) is 6.54 Å². The number of allylic oxidation sites excluding steroid dienone is 2. The van der Waals surface area contributed by atoms with Gasteiger partial charge in [0, 0.05) is 17.3 Å². The highest BCUT2D eigenvalue weighted by Crippen LogP contribution is 2.19. The SMILES string of the molecule is CC(C)=CCC[C@H](C)CC(CC=O)C[N+](=O)[O-]. The van der Waals surface area contributed by atoms with E-state index in [0.29, 0.717) is 12.3 Å². The maximum atomic E-state index is 10.4. The summed E-state index contributed by atoms with van der Waals surface area (Å²) in [6.45, 7) is 6.13. The lowest BCUT2D eigenvalue weighted by Gasteiger charge is -2.15. The third-order valence-corrected chi connectivity index (χ3v) is 2.78. The van der Waals surface area contributed by atoms with Crippen molar-refractivity contribution in [3.8, 4) is 0 Å². The molecule has 0 fully saturated rings. The second-order valence-corrected chi connectivity index (χ2v) is 4.98. The molecule has 4 heteroatoms. The van der Waals surface area contributed by atoms with Gasteiger partial charge in [0.05, 0.1) is 0 Å². The molecule has 17 heavy (non-hydrogen) atoms. The molecule has 0 bridgehead atoms. The van der Waals surface area contributed by atoms with Crippen LogP contribution in [0, 0.1) is 22.0 Å². The molecule has 98 valence electrons. The maximum absolute atomic E-state index is 10.4. The summed E-state index contributed by atoms with van der Waals surface area (Å²) in [5.74, 6) is 0.319. The summed E-state index contributed by atoms with van der Waals surface area (Å²) in [5.41, 5.74) is 1.30. The molecule has 0 saturated carbocycles. The standard InChI is InChI=1S/C13H23NO3/c1-11(2)5-4-6-12(3)9-13(7-8-15)10-14(16)17/h5,8,12-13H,4,6-7,9-10H2,1-3H3/t12-,13?/m0/s1. The van der Waals surface area contributed by atoms with Crippen LogP contribution in [0.1, 0.15) is 46.5 Å². The van der Waals surface area contributed by atoms with Crippen molar-refractivity contribution in [1.82, 2.24) is 0 Å². The van der Waals surface area contributed by atoms with Crippen molar-refractivity contribution in [2.24, 2.45) is 11.8 Å². The Morgan fingerprint density at radius 3 is 2.53 bits per heavy atom. The molecule has 0 saturated heterocycles. The highest BCUT2D eigenvalue weighted by Gasteiger charge is 2.17. The molecule has 0 radical (unpaired) electrons. The summed E-state index contributed by atoms with van der Waals surface area (Å²) >= 11 is 0. The van der Waals surface area contributed by atoms with Gasteiger partial charge in [-0.2, -0.15) is 0 Å². The fraction of sp³-hybridized carbons (Fsp3) is 0.769. The maximum Gasteiger partial charge on any atom is 0.207 e. The van der Waals surface area contributed by atoms with E-state index in [-0.39, 0.29) is 17.4 Å². The highest BCUT2D eigenvalue weighted by atomic mass is 16.6. The highest BCUT2D eigenvalue weighted by molar-refractivity contribution is 5.49. The fourth-order valence-corrected chi connectivity index (χ4v) is 1.94. The second-order valence-electron chi connectivity index (χ2n) is 4.98. The van der Waals surface area contributed by atoms with Gasteiger partial charge in [-0.05, 0) is 39.0 Å². The van der Waals surface area contributed by atoms with Gasteiger partial charge in [0.25, 0.3) is 0 Å². The number of aldehydes is 1. The zero-order chi connectivity index (χ0) is 13.3. The Balaban J connectivity index is 4.02. The molecular formula is C13H23NO3. The monoisotopic (exact) mass is 241 g/mol. The van der Waals surface area contributed by atoms with Gasteiger partial charge in [-0.3, -0.25) is 10.1 Å². The molecule has 0 amide bonds. The van der Waals surface area contributed by atoms with Gasteiger partial charge in [-0.15, -0.1) is 0 Å². The van der Waals surface area contributed by atoms with E-state index in [1.165, 1.54) is 5.57 Å². The molecule has 0 aliphatic heterocycles. The van der Waals surface area contributed by atoms with Gasteiger partial charge in [0.15, 0.2) is 0 Å². The number of nitrogens with zero attached hydrogens (tertiary/aromatic N) is 1. The van der Waals surface area contributed by atoms with Crippen LogP contribution in [0.4, 0.5) is 0 Å². The van der Waals surface area contributed by atoms with Gasteiger partial charge in [-0.25, -0.2) is 0 Å². The smallest absolute Gasteiger partial charge is 0.207 e. The van der Waals surface area contributed by atoms with Crippen LogP contribution in [-0.4, -0.2) is 17.8 Å². The number of nitro groups is 1. The Hall–Kier alpha value is -1.19. The molecule has 4 nitrogen and oxygen atoms in total. The number of carbonyl (C=O) groups excluding carboxylic acids is 1. The summed E-state index contributed by atoms with van der Waals surface area (Å²) in [6, 6.07) is 0. The minimum absolute atomic E-state index is 0.0915. The van der Waals surface area contributed by atoms with Crippen molar-refractivity contribution in [1.29, 1.82) is 0 Å². The van der Waals surface area contributed by atoms with Gasteiger partial charge < -0.3 is 4.79 Å². The molecule has 1 unspecified atom stereocenters. The van der Waals surface area contributed by atoms with Crippen LogP contribution in [0.15, 0.2) is 11.6 Å². The molecule has 0 heterocycles. The van der Waals surface area contributed by atoms with Crippen molar-refractivity contribution in [3.63, 3.8) is 0 Å². The molecule has 2 atom stereocenters. The Kier molecular flexibility index (Phi) is 8.28. The van der Waals surface area contributed by atoms with E-state index in [0.717, 1.165) is 25.5 Å². The number of rotatable bonds is 9. The largest absolute Gasteiger partial charge is 0.303 e. The molecule has 0 spiro atoms. The van der Waals surface area contributed by atoms with Crippen molar-refractivity contribution in [3.05, 3.63) is 21.8 Å². The van der Waals surface area contributed by atoms with E-state index >= 15 is 0 Å². The second kappa shape index (κ2) is 8.90. The first-order valence-electron chi connectivity index (χ1n) is 6.14. The summed E-state index contributed by atoms with van der Waals surface area (Å²) in [7, 11) is 0. The Morgan fingerprint density at radius 2 is 2.06 bits per heavy atom. The molecule has 0 aromatic heterocycles. The predicted octanol–water partition coefficient (Wildman–Crippen LogP) is 3.24. The van der Waals surface area contributed by atoms with Crippen molar-refractivity contribution < 1.29 is 9.72 Å². The van der Waals surface area contributed by atoms with E-state index in [4.69, 9.17) is 0 Å². The van der Waals surface area contributed by atoms with Crippen LogP contribution in [0.25, 0.3) is 0 Å². The van der Waals surface area contributed by atoms with Crippen LogP contribution in [0.2, 0.25) is 0 Å². The van der Waals surface area contributed by atoms with Gasteiger partial charge in [-0.1, -0.05) is 18.6 Å². The first-order valence-corrected chi connectivity index (χ1v) is 6.14.